The van der Waals surface area contributed by atoms with Crippen LogP contribution in [0.3, 0.4) is 0 Å². The molecule has 0 spiro atoms. The van der Waals surface area contributed by atoms with Crippen LogP contribution in [-0.2, 0) is 24.4 Å². The van der Waals surface area contributed by atoms with Crippen molar-refractivity contribution in [3.05, 3.63) is 22.7 Å². The normalized spacial score (nSPS) is 15.0. The summed E-state index contributed by atoms with van der Waals surface area (Å²) < 4.78 is 2.23. The zero-order valence-electron chi connectivity index (χ0n) is 14.0. The Bertz CT molecular complexity index is 707. The van der Waals surface area contributed by atoms with Crippen LogP contribution in [0.15, 0.2) is 5.38 Å². The van der Waals surface area contributed by atoms with Crippen molar-refractivity contribution in [1.82, 2.24) is 24.6 Å². The fourth-order valence-electron chi connectivity index (χ4n) is 2.68. The molecule has 0 fully saturated rings. The second-order valence-corrected chi connectivity index (χ2v) is 7.03. The molecule has 23 heavy (non-hydrogen) atoms. The molecule has 0 saturated heterocycles. The Kier molecular flexibility index (Phi) is 4.45. The number of anilines is 1. The lowest BCUT2D eigenvalue weighted by Crippen LogP contribution is -2.34. The van der Waals surface area contributed by atoms with E-state index in [-0.39, 0.29) is 5.91 Å². The van der Waals surface area contributed by atoms with Crippen molar-refractivity contribution in [3.8, 4) is 0 Å². The predicted molar refractivity (Wildman–Crippen MR) is 89.4 cm³/mol. The highest BCUT2D eigenvalue weighted by atomic mass is 32.1. The third-order valence-corrected chi connectivity index (χ3v) is 5.03. The van der Waals surface area contributed by atoms with E-state index in [0.29, 0.717) is 5.92 Å². The summed E-state index contributed by atoms with van der Waals surface area (Å²) in [6.45, 7) is 9.27. The van der Waals surface area contributed by atoms with E-state index in [4.69, 9.17) is 0 Å². The third kappa shape index (κ3) is 3.28. The molecule has 3 rings (SSSR count). The SMILES string of the molecule is CC(=O)N(C)c1nc(CN2CCn3c(nnc3C(C)C)C2)cs1. The van der Waals surface area contributed by atoms with Crippen LogP contribution in [0.4, 0.5) is 5.13 Å². The summed E-state index contributed by atoms with van der Waals surface area (Å²) in [5, 5.41) is 11.4. The maximum Gasteiger partial charge on any atom is 0.225 e. The number of hydrogen-bond donors (Lipinski definition) is 0. The smallest absolute Gasteiger partial charge is 0.225 e. The zero-order chi connectivity index (χ0) is 16.6. The molecule has 0 saturated carbocycles. The van der Waals surface area contributed by atoms with E-state index in [2.05, 4.69) is 38.5 Å². The molecule has 0 aliphatic carbocycles. The number of carbonyl (C=O) groups excluding carboxylic acids is 1. The van der Waals surface area contributed by atoms with Crippen molar-refractivity contribution >= 4 is 22.4 Å². The minimum absolute atomic E-state index is 0.00168. The highest BCUT2D eigenvalue weighted by molar-refractivity contribution is 7.14. The minimum Gasteiger partial charge on any atom is -0.312 e. The molecule has 1 aliphatic heterocycles. The summed E-state index contributed by atoms with van der Waals surface area (Å²) in [5.41, 5.74) is 0.996. The van der Waals surface area contributed by atoms with Gasteiger partial charge in [-0.3, -0.25) is 14.6 Å². The van der Waals surface area contributed by atoms with Crippen LogP contribution in [0.1, 0.15) is 44.0 Å². The Labute approximate surface area is 140 Å². The van der Waals surface area contributed by atoms with E-state index in [0.717, 1.165) is 48.7 Å². The summed E-state index contributed by atoms with van der Waals surface area (Å²) in [7, 11) is 1.75. The summed E-state index contributed by atoms with van der Waals surface area (Å²) in [4.78, 5) is 19.9. The third-order valence-electron chi connectivity index (χ3n) is 4.06. The van der Waals surface area contributed by atoms with Crippen LogP contribution < -0.4 is 4.90 Å². The van der Waals surface area contributed by atoms with Crippen molar-refractivity contribution in [3.63, 3.8) is 0 Å². The molecule has 0 unspecified atom stereocenters. The quantitative estimate of drug-likeness (QED) is 0.854. The Morgan fingerprint density at radius 2 is 2.17 bits per heavy atom. The predicted octanol–water partition coefficient (Wildman–Crippen LogP) is 1.86. The van der Waals surface area contributed by atoms with E-state index < -0.39 is 0 Å². The molecule has 8 heteroatoms. The maximum atomic E-state index is 11.4. The van der Waals surface area contributed by atoms with Gasteiger partial charge in [-0.25, -0.2) is 4.98 Å². The number of fused-ring (bicyclic) bond motifs is 1. The molecule has 1 aliphatic rings. The van der Waals surface area contributed by atoms with Gasteiger partial charge < -0.3 is 4.57 Å². The number of hydrogen-bond acceptors (Lipinski definition) is 6. The van der Waals surface area contributed by atoms with Crippen molar-refractivity contribution < 1.29 is 4.79 Å². The van der Waals surface area contributed by atoms with Gasteiger partial charge in [-0.05, 0) is 0 Å². The van der Waals surface area contributed by atoms with Crippen LogP contribution in [0.2, 0.25) is 0 Å². The number of nitrogens with zero attached hydrogens (tertiary/aromatic N) is 6. The first kappa shape index (κ1) is 16.1. The van der Waals surface area contributed by atoms with Gasteiger partial charge in [0.2, 0.25) is 5.91 Å². The molecule has 0 N–H and O–H groups in total. The average Bonchev–Trinajstić information content (AvgIpc) is 3.12. The van der Waals surface area contributed by atoms with Crippen molar-refractivity contribution in [2.75, 3.05) is 18.5 Å². The molecule has 0 atom stereocenters. The Balaban J connectivity index is 1.67. The first-order valence-electron chi connectivity index (χ1n) is 7.78. The van der Waals surface area contributed by atoms with Gasteiger partial charge in [0.25, 0.3) is 0 Å². The van der Waals surface area contributed by atoms with Crippen LogP contribution >= 0.6 is 11.3 Å². The molecule has 0 bridgehead atoms. The van der Waals surface area contributed by atoms with Crippen LogP contribution in [-0.4, -0.2) is 44.1 Å². The summed E-state index contributed by atoms with van der Waals surface area (Å²) in [6, 6.07) is 0. The van der Waals surface area contributed by atoms with E-state index in [1.165, 1.54) is 11.3 Å². The van der Waals surface area contributed by atoms with Crippen LogP contribution in [0.25, 0.3) is 0 Å². The number of carbonyl (C=O) groups is 1. The highest BCUT2D eigenvalue weighted by Crippen LogP contribution is 2.23. The summed E-state index contributed by atoms with van der Waals surface area (Å²) >= 11 is 1.50. The standard InChI is InChI=1S/C15H22N6OS/c1-10(2)14-18-17-13-8-20(5-6-21(13)14)7-12-9-23-15(16-12)19(4)11(3)22/h9-10H,5-8H2,1-4H3. The van der Waals surface area contributed by atoms with Gasteiger partial charge in [-0.15, -0.1) is 21.5 Å². The number of thiazole rings is 1. The Morgan fingerprint density at radius 3 is 2.87 bits per heavy atom. The molecule has 1 amide bonds. The van der Waals surface area contributed by atoms with Crippen LogP contribution in [0.5, 0.6) is 0 Å². The van der Waals surface area contributed by atoms with Crippen molar-refractivity contribution in [1.29, 1.82) is 0 Å². The van der Waals surface area contributed by atoms with Crippen LogP contribution in [0, 0.1) is 0 Å². The number of rotatable bonds is 4. The van der Waals surface area contributed by atoms with Gasteiger partial charge in [-0.1, -0.05) is 13.8 Å². The van der Waals surface area contributed by atoms with Gasteiger partial charge in [0.05, 0.1) is 12.2 Å². The average molecular weight is 334 g/mol. The number of aromatic nitrogens is 4. The van der Waals surface area contributed by atoms with Gasteiger partial charge in [0.15, 0.2) is 5.13 Å². The molecule has 0 radical (unpaired) electrons. The monoisotopic (exact) mass is 334 g/mol. The topological polar surface area (TPSA) is 67.2 Å². The van der Waals surface area contributed by atoms with Gasteiger partial charge >= 0.3 is 0 Å². The second-order valence-electron chi connectivity index (χ2n) is 6.19. The molecule has 2 aromatic rings. The molecule has 124 valence electrons. The molecule has 3 heterocycles. The van der Waals surface area contributed by atoms with E-state index in [1.54, 1.807) is 18.9 Å². The molecule has 0 aromatic carbocycles. The molecular weight excluding hydrogens is 312 g/mol. The Morgan fingerprint density at radius 1 is 1.39 bits per heavy atom. The largest absolute Gasteiger partial charge is 0.312 e. The van der Waals surface area contributed by atoms with Gasteiger partial charge in [0.1, 0.15) is 11.6 Å². The van der Waals surface area contributed by atoms with Gasteiger partial charge in [-0.2, -0.15) is 0 Å². The lowest BCUT2D eigenvalue weighted by molar-refractivity contribution is -0.116. The maximum absolute atomic E-state index is 11.4. The van der Waals surface area contributed by atoms with Crippen molar-refractivity contribution in [2.24, 2.45) is 0 Å². The minimum atomic E-state index is -0.00168. The zero-order valence-corrected chi connectivity index (χ0v) is 14.8. The number of amides is 1. The Hall–Kier alpha value is -1.80. The first-order chi connectivity index (χ1) is 11.0. The molecule has 7 nitrogen and oxygen atoms in total. The molecule has 2 aromatic heterocycles. The fourth-order valence-corrected chi connectivity index (χ4v) is 3.50. The first-order valence-corrected chi connectivity index (χ1v) is 8.66. The lowest BCUT2D eigenvalue weighted by atomic mass is 10.2. The summed E-state index contributed by atoms with van der Waals surface area (Å²) in [6.07, 6.45) is 0. The van der Waals surface area contributed by atoms with E-state index in [9.17, 15) is 4.79 Å². The lowest BCUT2D eigenvalue weighted by Gasteiger charge is -2.27. The highest BCUT2D eigenvalue weighted by Gasteiger charge is 2.23. The van der Waals surface area contributed by atoms with Crippen molar-refractivity contribution in [2.45, 2.75) is 46.3 Å². The molecular formula is C15H22N6OS. The summed E-state index contributed by atoms with van der Waals surface area (Å²) in [5.74, 6) is 2.49. The fraction of sp³-hybridized carbons (Fsp3) is 0.600. The van der Waals surface area contributed by atoms with E-state index >= 15 is 0 Å². The van der Waals surface area contributed by atoms with Gasteiger partial charge in [0, 0.05) is 44.9 Å². The van der Waals surface area contributed by atoms with E-state index in [1.807, 2.05) is 5.38 Å². The second kappa shape index (κ2) is 6.37.